The maximum Gasteiger partial charge on any atom is 0.407 e. The van der Waals surface area contributed by atoms with Gasteiger partial charge in [-0.25, -0.2) is 9.59 Å². The van der Waals surface area contributed by atoms with Gasteiger partial charge in [0.1, 0.15) is 17.4 Å². The first-order valence-corrected chi connectivity index (χ1v) is 8.67. The third-order valence-corrected chi connectivity index (χ3v) is 3.74. The van der Waals surface area contributed by atoms with Crippen molar-refractivity contribution < 1.29 is 29.3 Å². The number of rotatable bonds is 7. The minimum atomic E-state index is -1.20. The van der Waals surface area contributed by atoms with Gasteiger partial charge in [-0.05, 0) is 53.5 Å². The Balaban J connectivity index is 2.70. The van der Waals surface area contributed by atoms with Crippen LogP contribution in [0.2, 0.25) is 0 Å². The Morgan fingerprint density at radius 1 is 1.23 bits per heavy atom. The number of aromatic nitrogens is 1. The molecule has 0 spiro atoms. The Morgan fingerprint density at radius 2 is 1.85 bits per heavy atom. The maximum atomic E-state index is 11.9. The topological polar surface area (TPSA) is 121 Å². The minimum absolute atomic E-state index is 0.124. The van der Waals surface area contributed by atoms with Gasteiger partial charge in [-0.1, -0.05) is 0 Å². The van der Waals surface area contributed by atoms with Crippen LogP contribution in [0.15, 0.2) is 0 Å². The predicted molar refractivity (Wildman–Crippen MR) is 96.0 cm³/mol. The van der Waals surface area contributed by atoms with Crippen LogP contribution in [0.5, 0.6) is 0 Å². The number of amides is 1. The van der Waals surface area contributed by atoms with E-state index in [4.69, 9.17) is 9.47 Å². The fourth-order valence-electron chi connectivity index (χ4n) is 2.60. The number of H-pyrrole nitrogens is 1. The number of aromatic amines is 1. The first kappa shape index (κ1) is 22.0. The van der Waals surface area contributed by atoms with Crippen molar-refractivity contribution in [2.24, 2.45) is 0 Å². The summed E-state index contributed by atoms with van der Waals surface area (Å²) in [5, 5.41) is 23.2. The average Bonchev–Trinajstić information content (AvgIpc) is 2.79. The average molecular weight is 370 g/mol. The molecule has 1 rings (SSSR count). The Bertz CT molecular complexity index is 632. The van der Waals surface area contributed by atoms with E-state index in [0.717, 1.165) is 0 Å². The van der Waals surface area contributed by atoms with Crippen molar-refractivity contribution in [2.45, 2.75) is 65.8 Å². The Labute approximate surface area is 153 Å². The number of ether oxygens (including phenoxy) is 2. The van der Waals surface area contributed by atoms with E-state index >= 15 is 0 Å². The lowest BCUT2D eigenvalue weighted by atomic mass is 9.98. The molecular weight excluding hydrogens is 340 g/mol. The molecule has 2 unspecified atom stereocenters. The van der Waals surface area contributed by atoms with Crippen LogP contribution in [0.4, 0.5) is 4.79 Å². The number of nitrogens with one attached hydrogen (secondary N) is 2. The highest BCUT2D eigenvalue weighted by molar-refractivity contribution is 5.89. The Hall–Kier alpha value is -2.06. The van der Waals surface area contributed by atoms with E-state index in [1.54, 1.807) is 41.5 Å². The van der Waals surface area contributed by atoms with Gasteiger partial charge in [0.25, 0.3) is 0 Å². The van der Waals surface area contributed by atoms with E-state index in [1.165, 1.54) is 0 Å². The largest absolute Gasteiger partial charge is 0.461 e. The van der Waals surface area contributed by atoms with Gasteiger partial charge in [0.05, 0.1) is 12.7 Å². The SMILES string of the molecule is CCOC(=O)c1[nH]c(C)c(C(O)C(O)CCNC(=O)OC(C)(C)C)c1C. The van der Waals surface area contributed by atoms with Crippen molar-refractivity contribution >= 4 is 12.1 Å². The monoisotopic (exact) mass is 370 g/mol. The quantitative estimate of drug-likeness (QED) is 0.546. The number of aliphatic hydroxyl groups is 2. The van der Waals surface area contributed by atoms with E-state index in [-0.39, 0.29) is 25.3 Å². The summed E-state index contributed by atoms with van der Waals surface area (Å²) in [4.78, 5) is 26.4. The van der Waals surface area contributed by atoms with E-state index in [1.807, 2.05) is 0 Å². The Morgan fingerprint density at radius 3 is 2.38 bits per heavy atom. The number of aryl methyl sites for hydroxylation is 1. The van der Waals surface area contributed by atoms with Crippen molar-refractivity contribution in [3.63, 3.8) is 0 Å². The molecule has 0 bridgehead atoms. The number of carbonyl (C=O) groups is 2. The summed E-state index contributed by atoms with van der Waals surface area (Å²) < 4.78 is 10.1. The molecule has 26 heavy (non-hydrogen) atoms. The molecule has 1 amide bonds. The number of hydrogen-bond acceptors (Lipinski definition) is 6. The molecule has 0 aliphatic carbocycles. The lowest BCUT2D eigenvalue weighted by molar-refractivity contribution is 0.0116. The highest BCUT2D eigenvalue weighted by Crippen LogP contribution is 2.28. The third-order valence-electron chi connectivity index (χ3n) is 3.74. The molecule has 1 heterocycles. The van der Waals surface area contributed by atoms with Crippen molar-refractivity contribution in [3.05, 3.63) is 22.5 Å². The molecule has 0 aliphatic heterocycles. The van der Waals surface area contributed by atoms with E-state index < -0.39 is 29.9 Å². The molecule has 4 N–H and O–H groups in total. The first-order chi connectivity index (χ1) is 12.0. The van der Waals surface area contributed by atoms with Gasteiger partial charge < -0.3 is 30.0 Å². The standard InChI is InChI=1S/C18H30N2O6/c1-7-25-16(23)14-10(2)13(11(3)20-14)15(22)12(21)8-9-19-17(24)26-18(4,5)6/h12,15,20-22H,7-9H2,1-6H3,(H,19,24). The molecule has 8 nitrogen and oxygen atoms in total. The smallest absolute Gasteiger partial charge is 0.407 e. The summed E-state index contributed by atoms with van der Waals surface area (Å²) in [7, 11) is 0. The number of esters is 1. The highest BCUT2D eigenvalue weighted by Gasteiger charge is 2.27. The van der Waals surface area contributed by atoms with E-state index in [0.29, 0.717) is 16.8 Å². The molecule has 1 aromatic heterocycles. The van der Waals surface area contributed by atoms with Crippen molar-refractivity contribution in [1.82, 2.24) is 10.3 Å². The maximum absolute atomic E-state index is 11.9. The number of carbonyl (C=O) groups excluding carboxylic acids is 2. The first-order valence-electron chi connectivity index (χ1n) is 8.67. The molecule has 0 saturated carbocycles. The predicted octanol–water partition coefficient (Wildman–Crippen LogP) is 2.12. The van der Waals surface area contributed by atoms with Gasteiger partial charge in [0, 0.05) is 17.8 Å². The molecule has 0 saturated heterocycles. The van der Waals surface area contributed by atoms with Crippen molar-refractivity contribution in [3.8, 4) is 0 Å². The zero-order valence-electron chi connectivity index (χ0n) is 16.3. The van der Waals surface area contributed by atoms with Crippen LogP contribution in [0.1, 0.15) is 67.5 Å². The number of hydrogen-bond donors (Lipinski definition) is 4. The zero-order chi connectivity index (χ0) is 20.1. The molecular formula is C18H30N2O6. The van der Waals surface area contributed by atoms with Crippen LogP contribution < -0.4 is 5.32 Å². The van der Waals surface area contributed by atoms with Gasteiger partial charge in [-0.2, -0.15) is 0 Å². The number of alkyl carbamates (subject to hydrolysis) is 1. The van der Waals surface area contributed by atoms with E-state index in [2.05, 4.69) is 10.3 Å². The normalized spacial score (nSPS) is 13.8. The minimum Gasteiger partial charge on any atom is -0.461 e. The van der Waals surface area contributed by atoms with Crippen LogP contribution in [0.25, 0.3) is 0 Å². The summed E-state index contributed by atoms with van der Waals surface area (Å²) in [6.07, 6.45) is -2.78. The molecule has 0 radical (unpaired) electrons. The third kappa shape index (κ3) is 6.03. The van der Waals surface area contributed by atoms with Crippen LogP contribution in [-0.2, 0) is 9.47 Å². The molecule has 0 fully saturated rings. The lowest BCUT2D eigenvalue weighted by Gasteiger charge is -2.21. The van der Waals surface area contributed by atoms with Crippen molar-refractivity contribution in [1.29, 1.82) is 0 Å². The summed E-state index contributed by atoms with van der Waals surface area (Å²) >= 11 is 0. The molecule has 148 valence electrons. The summed E-state index contributed by atoms with van der Waals surface area (Å²) in [5.41, 5.74) is 1.23. The molecule has 8 heteroatoms. The molecule has 0 aromatic carbocycles. The van der Waals surface area contributed by atoms with Crippen LogP contribution >= 0.6 is 0 Å². The fraction of sp³-hybridized carbons (Fsp3) is 0.667. The van der Waals surface area contributed by atoms with Gasteiger partial charge >= 0.3 is 12.1 Å². The lowest BCUT2D eigenvalue weighted by Crippen LogP contribution is -2.34. The summed E-state index contributed by atoms with van der Waals surface area (Å²) in [6, 6.07) is 0. The van der Waals surface area contributed by atoms with Crippen molar-refractivity contribution in [2.75, 3.05) is 13.2 Å². The van der Waals surface area contributed by atoms with Crippen LogP contribution in [0, 0.1) is 13.8 Å². The zero-order valence-corrected chi connectivity index (χ0v) is 16.3. The van der Waals surface area contributed by atoms with Crippen LogP contribution in [0.3, 0.4) is 0 Å². The van der Waals surface area contributed by atoms with Crippen LogP contribution in [-0.4, -0.2) is 52.1 Å². The van der Waals surface area contributed by atoms with E-state index in [9.17, 15) is 19.8 Å². The van der Waals surface area contributed by atoms with Gasteiger partial charge in [0.15, 0.2) is 0 Å². The van der Waals surface area contributed by atoms with Gasteiger partial charge in [-0.15, -0.1) is 0 Å². The fourth-order valence-corrected chi connectivity index (χ4v) is 2.60. The molecule has 2 atom stereocenters. The molecule has 0 aliphatic rings. The second-order valence-corrected chi connectivity index (χ2v) is 7.11. The second-order valence-electron chi connectivity index (χ2n) is 7.11. The second kappa shape index (κ2) is 9.05. The summed E-state index contributed by atoms with van der Waals surface area (Å²) in [6.45, 7) is 10.7. The van der Waals surface area contributed by atoms with Gasteiger partial charge in [-0.3, -0.25) is 0 Å². The summed E-state index contributed by atoms with van der Waals surface area (Å²) in [5.74, 6) is -0.507. The molecule has 1 aromatic rings. The highest BCUT2D eigenvalue weighted by atomic mass is 16.6. The van der Waals surface area contributed by atoms with Gasteiger partial charge in [0.2, 0.25) is 0 Å². The Kier molecular flexibility index (Phi) is 7.65. The number of aliphatic hydroxyl groups excluding tert-OH is 2.